The normalized spacial score (nSPS) is 14.0. The van der Waals surface area contributed by atoms with Crippen LogP contribution in [0, 0.1) is 0 Å². The van der Waals surface area contributed by atoms with Crippen LogP contribution < -0.4 is 9.64 Å². The lowest BCUT2D eigenvalue weighted by Crippen LogP contribution is -2.46. The highest BCUT2D eigenvalue weighted by molar-refractivity contribution is 5.49. The standard InChI is InChI=1S/C38H68N2O/c1-3-5-7-9-11-13-14-15-16-17-18-19-20-21-23-25-31-39-32-34-40(35-33-39)37-27-29-38(30-28-37)41-36-26-24-22-12-10-8-6-4-2/h4,27-30H,2-3,5-26,31-36H2,1H3. The number of hydrogen-bond acceptors (Lipinski definition) is 3. The van der Waals surface area contributed by atoms with Gasteiger partial charge in [0.05, 0.1) is 6.61 Å². The quantitative estimate of drug-likeness (QED) is 0.0738. The molecule has 1 fully saturated rings. The van der Waals surface area contributed by atoms with Crippen LogP contribution in [0.25, 0.3) is 0 Å². The summed E-state index contributed by atoms with van der Waals surface area (Å²) >= 11 is 0. The van der Waals surface area contributed by atoms with E-state index in [1.54, 1.807) is 0 Å². The number of anilines is 1. The van der Waals surface area contributed by atoms with Crippen molar-refractivity contribution in [1.29, 1.82) is 0 Å². The van der Waals surface area contributed by atoms with Gasteiger partial charge in [-0.3, -0.25) is 4.90 Å². The molecule has 2 rings (SSSR count). The minimum atomic E-state index is 0.837. The van der Waals surface area contributed by atoms with Gasteiger partial charge in [0.15, 0.2) is 0 Å². The van der Waals surface area contributed by atoms with Crippen LogP contribution in [0.15, 0.2) is 36.9 Å². The van der Waals surface area contributed by atoms with Crippen molar-refractivity contribution in [2.75, 3.05) is 44.2 Å². The first-order valence-corrected chi connectivity index (χ1v) is 18.1. The molecular formula is C38H68N2O. The van der Waals surface area contributed by atoms with Crippen molar-refractivity contribution in [2.24, 2.45) is 0 Å². The average Bonchev–Trinajstić information content (AvgIpc) is 3.00. The van der Waals surface area contributed by atoms with E-state index in [0.29, 0.717) is 0 Å². The fourth-order valence-corrected chi connectivity index (χ4v) is 6.15. The molecule has 1 aliphatic rings. The number of unbranched alkanes of at least 4 members (excludes halogenated alkanes) is 21. The first kappa shape index (κ1) is 35.7. The topological polar surface area (TPSA) is 15.7 Å². The van der Waals surface area contributed by atoms with Crippen LogP contribution >= 0.6 is 0 Å². The Labute approximate surface area is 256 Å². The van der Waals surface area contributed by atoms with Crippen LogP contribution in [0.1, 0.15) is 155 Å². The van der Waals surface area contributed by atoms with E-state index in [-0.39, 0.29) is 0 Å². The monoisotopic (exact) mass is 569 g/mol. The minimum Gasteiger partial charge on any atom is -0.494 e. The number of ether oxygens (including phenoxy) is 1. The second-order valence-corrected chi connectivity index (χ2v) is 12.7. The second-order valence-electron chi connectivity index (χ2n) is 12.7. The third-order valence-electron chi connectivity index (χ3n) is 8.97. The summed E-state index contributed by atoms with van der Waals surface area (Å²) in [5.41, 5.74) is 1.35. The molecule has 1 aromatic rings. The van der Waals surface area contributed by atoms with Crippen LogP contribution in [-0.4, -0.2) is 44.2 Å². The van der Waals surface area contributed by atoms with E-state index < -0.39 is 0 Å². The molecule has 0 spiro atoms. The van der Waals surface area contributed by atoms with Crippen molar-refractivity contribution in [3.63, 3.8) is 0 Å². The SMILES string of the molecule is C=CCCCCCCCCOc1ccc(N2CCN(CCCCCCCCCCCCCCCCCC)CC2)cc1. The van der Waals surface area contributed by atoms with Crippen LogP contribution in [0.5, 0.6) is 5.75 Å². The molecule has 0 saturated carbocycles. The largest absolute Gasteiger partial charge is 0.494 e. The molecule has 1 saturated heterocycles. The van der Waals surface area contributed by atoms with E-state index in [1.807, 2.05) is 6.08 Å². The number of allylic oxidation sites excluding steroid dienone is 1. The number of piperazine rings is 1. The predicted molar refractivity (Wildman–Crippen MR) is 183 cm³/mol. The molecule has 0 bridgehead atoms. The summed E-state index contributed by atoms with van der Waals surface area (Å²) in [6.45, 7) is 12.9. The van der Waals surface area contributed by atoms with E-state index >= 15 is 0 Å². The number of benzene rings is 1. The van der Waals surface area contributed by atoms with Gasteiger partial charge in [0.2, 0.25) is 0 Å². The molecule has 0 aliphatic carbocycles. The maximum Gasteiger partial charge on any atom is 0.119 e. The van der Waals surface area contributed by atoms with Crippen molar-refractivity contribution in [1.82, 2.24) is 4.90 Å². The lowest BCUT2D eigenvalue weighted by molar-refractivity contribution is 0.252. The summed E-state index contributed by atoms with van der Waals surface area (Å²) in [5.74, 6) is 1.02. The molecule has 1 heterocycles. The second kappa shape index (κ2) is 26.2. The highest BCUT2D eigenvalue weighted by atomic mass is 16.5. The fraction of sp³-hybridized carbons (Fsp3) is 0.789. The fourth-order valence-electron chi connectivity index (χ4n) is 6.15. The van der Waals surface area contributed by atoms with Gasteiger partial charge in [-0.15, -0.1) is 6.58 Å². The van der Waals surface area contributed by atoms with E-state index in [1.165, 1.54) is 160 Å². The van der Waals surface area contributed by atoms with Gasteiger partial charge in [0.25, 0.3) is 0 Å². The van der Waals surface area contributed by atoms with Gasteiger partial charge < -0.3 is 9.64 Å². The average molecular weight is 569 g/mol. The van der Waals surface area contributed by atoms with Gasteiger partial charge in [0.1, 0.15) is 5.75 Å². The van der Waals surface area contributed by atoms with Gasteiger partial charge in [-0.25, -0.2) is 0 Å². The number of rotatable bonds is 28. The molecule has 3 heteroatoms. The first-order valence-electron chi connectivity index (χ1n) is 18.1. The molecule has 0 atom stereocenters. The van der Waals surface area contributed by atoms with Crippen molar-refractivity contribution < 1.29 is 4.74 Å². The molecule has 0 radical (unpaired) electrons. The van der Waals surface area contributed by atoms with Crippen molar-refractivity contribution in [2.45, 2.75) is 155 Å². The molecule has 3 nitrogen and oxygen atoms in total. The molecule has 0 unspecified atom stereocenters. The first-order chi connectivity index (χ1) is 20.3. The van der Waals surface area contributed by atoms with Gasteiger partial charge in [-0.1, -0.05) is 135 Å². The Kier molecular flexibility index (Phi) is 22.8. The van der Waals surface area contributed by atoms with Crippen LogP contribution in [-0.2, 0) is 0 Å². The van der Waals surface area contributed by atoms with Crippen molar-refractivity contribution in [3.05, 3.63) is 36.9 Å². The van der Waals surface area contributed by atoms with E-state index in [9.17, 15) is 0 Å². The zero-order valence-corrected chi connectivity index (χ0v) is 27.4. The Morgan fingerprint density at radius 1 is 0.585 bits per heavy atom. The number of hydrogen-bond donors (Lipinski definition) is 0. The molecule has 0 N–H and O–H groups in total. The smallest absolute Gasteiger partial charge is 0.119 e. The molecule has 0 aromatic heterocycles. The Hall–Kier alpha value is -1.48. The highest BCUT2D eigenvalue weighted by Crippen LogP contribution is 2.22. The maximum absolute atomic E-state index is 5.99. The van der Waals surface area contributed by atoms with Crippen LogP contribution in [0.4, 0.5) is 5.69 Å². The summed E-state index contributed by atoms with van der Waals surface area (Å²) in [4.78, 5) is 5.22. The number of nitrogens with zero attached hydrogens (tertiary/aromatic N) is 2. The highest BCUT2D eigenvalue weighted by Gasteiger charge is 2.16. The van der Waals surface area contributed by atoms with E-state index in [4.69, 9.17) is 4.74 Å². The molecular weight excluding hydrogens is 500 g/mol. The zero-order chi connectivity index (χ0) is 29.1. The summed E-state index contributed by atoms with van der Waals surface area (Å²) < 4.78 is 5.99. The summed E-state index contributed by atoms with van der Waals surface area (Å²) in [6.07, 6.45) is 34.0. The van der Waals surface area contributed by atoms with E-state index in [0.717, 1.165) is 38.3 Å². The molecule has 236 valence electrons. The van der Waals surface area contributed by atoms with Gasteiger partial charge >= 0.3 is 0 Å². The van der Waals surface area contributed by atoms with Gasteiger partial charge in [-0.2, -0.15) is 0 Å². The lowest BCUT2D eigenvalue weighted by atomic mass is 10.0. The zero-order valence-electron chi connectivity index (χ0n) is 27.4. The Balaban J connectivity index is 1.37. The minimum absolute atomic E-state index is 0.837. The molecule has 1 aliphatic heterocycles. The lowest BCUT2D eigenvalue weighted by Gasteiger charge is -2.36. The van der Waals surface area contributed by atoms with E-state index in [2.05, 4.69) is 47.6 Å². The van der Waals surface area contributed by atoms with Crippen molar-refractivity contribution >= 4 is 5.69 Å². The maximum atomic E-state index is 5.99. The Morgan fingerprint density at radius 3 is 1.56 bits per heavy atom. The summed E-state index contributed by atoms with van der Waals surface area (Å²) in [5, 5.41) is 0. The third-order valence-corrected chi connectivity index (χ3v) is 8.97. The Morgan fingerprint density at radius 2 is 1.05 bits per heavy atom. The third kappa shape index (κ3) is 19.4. The van der Waals surface area contributed by atoms with Crippen LogP contribution in [0.3, 0.4) is 0 Å². The van der Waals surface area contributed by atoms with Gasteiger partial charge in [-0.05, 0) is 56.5 Å². The molecule has 1 aromatic carbocycles. The molecule has 0 amide bonds. The Bertz CT molecular complexity index is 695. The van der Waals surface area contributed by atoms with Crippen LogP contribution in [0.2, 0.25) is 0 Å². The van der Waals surface area contributed by atoms with Crippen molar-refractivity contribution in [3.8, 4) is 5.75 Å². The predicted octanol–water partition coefficient (Wildman–Crippen LogP) is 11.4. The van der Waals surface area contributed by atoms with Gasteiger partial charge in [0, 0.05) is 31.9 Å². The molecule has 41 heavy (non-hydrogen) atoms. The summed E-state index contributed by atoms with van der Waals surface area (Å²) in [6, 6.07) is 8.82. The summed E-state index contributed by atoms with van der Waals surface area (Å²) in [7, 11) is 0.